The van der Waals surface area contributed by atoms with Crippen LogP contribution in [-0.2, 0) is 6.42 Å². The van der Waals surface area contributed by atoms with Crippen LogP contribution < -0.4 is 5.32 Å². The van der Waals surface area contributed by atoms with Crippen molar-refractivity contribution >= 4 is 50.5 Å². The van der Waals surface area contributed by atoms with Gasteiger partial charge in [-0.3, -0.25) is 4.79 Å². The predicted molar refractivity (Wildman–Crippen MR) is 80.8 cm³/mol. The zero-order valence-corrected chi connectivity index (χ0v) is 12.8. The number of hydrogen-bond donors (Lipinski definition) is 1. The van der Waals surface area contributed by atoms with Crippen LogP contribution in [0.3, 0.4) is 0 Å². The molecule has 1 heterocycles. The SMILES string of the molecule is CCc1ccc(C(=O)Nc2cc(Br)ccc2Cl)s1. The van der Waals surface area contributed by atoms with E-state index in [1.165, 1.54) is 16.2 Å². The number of thiophene rings is 1. The lowest BCUT2D eigenvalue weighted by Gasteiger charge is -2.06. The lowest BCUT2D eigenvalue weighted by atomic mass is 10.3. The fourth-order valence-electron chi connectivity index (χ4n) is 1.47. The van der Waals surface area contributed by atoms with Crippen molar-refractivity contribution in [2.24, 2.45) is 0 Å². The van der Waals surface area contributed by atoms with E-state index < -0.39 is 0 Å². The number of amides is 1. The normalized spacial score (nSPS) is 10.4. The van der Waals surface area contributed by atoms with E-state index in [9.17, 15) is 4.79 Å². The molecule has 0 aliphatic rings. The van der Waals surface area contributed by atoms with E-state index >= 15 is 0 Å². The molecule has 1 aromatic carbocycles. The van der Waals surface area contributed by atoms with Gasteiger partial charge in [-0.1, -0.05) is 34.5 Å². The number of benzene rings is 1. The zero-order chi connectivity index (χ0) is 13.1. The second-order valence-electron chi connectivity index (χ2n) is 3.70. The number of hydrogen-bond acceptors (Lipinski definition) is 2. The number of carbonyl (C=O) groups is 1. The van der Waals surface area contributed by atoms with Gasteiger partial charge in [-0.15, -0.1) is 11.3 Å². The van der Waals surface area contributed by atoms with Crippen LogP contribution in [0.4, 0.5) is 5.69 Å². The monoisotopic (exact) mass is 343 g/mol. The van der Waals surface area contributed by atoms with Crippen LogP contribution >= 0.6 is 38.9 Å². The molecule has 0 aliphatic heterocycles. The maximum Gasteiger partial charge on any atom is 0.265 e. The largest absolute Gasteiger partial charge is 0.320 e. The van der Waals surface area contributed by atoms with Crippen molar-refractivity contribution in [1.82, 2.24) is 0 Å². The predicted octanol–water partition coefficient (Wildman–Crippen LogP) is 4.98. The first kappa shape index (κ1) is 13.6. The zero-order valence-electron chi connectivity index (χ0n) is 9.67. The van der Waals surface area contributed by atoms with Crippen molar-refractivity contribution in [2.45, 2.75) is 13.3 Å². The summed E-state index contributed by atoms with van der Waals surface area (Å²) in [6.07, 6.45) is 0.940. The van der Waals surface area contributed by atoms with E-state index in [-0.39, 0.29) is 5.91 Å². The average Bonchev–Trinajstić information content (AvgIpc) is 2.82. The second kappa shape index (κ2) is 5.87. The third-order valence-corrected chi connectivity index (χ3v) is 4.46. The molecule has 1 aromatic heterocycles. The summed E-state index contributed by atoms with van der Waals surface area (Å²) in [6.45, 7) is 2.07. The number of nitrogens with one attached hydrogen (secondary N) is 1. The molecule has 0 atom stereocenters. The number of halogens is 2. The van der Waals surface area contributed by atoms with E-state index in [2.05, 4.69) is 28.2 Å². The summed E-state index contributed by atoms with van der Waals surface area (Å²) in [4.78, 5) is 13.9. The Morgan fingerprint density at radius 2 is 2.17 bits per heavy atom. The van der Waals surface area contributed by atoms with Gasteiger partial charge in [0.25, 0.3) is 5.91 Å². The fraction of sp³-hybridized carbons (Fsp3) is 0.154. The van der Waals surface area contributed by atoms with Gasteiger partial charge in [-0.25, -0.2) is 0 Å². The van der Waals surface area contributed by atoms with Crippen LogP contribution in [-0.4, -0.2) is 5.91 Å². The molecule has 0 fully saturated rings. The standard InChI is InChI=1S/C13H11BrClNOS/c1-2-9-4-6-12(18-9)13(17)16-11-7-8(14)3-5-10(11)15/h3-7H,2H2,1H3,(H,16,17). The summed E-state index contributed by atoms with van der Waals surface area (Å²) in [5, 5.41) is 3.34. The molecule has 0 unspecified atom stereocenters. The third-order valence-electron chi connectivity index (χ3n) is 2.41. The Morgan fingerprint density at radius 3 is 2.83 bits per heavy atom. The van der Waals surface area contributed by atoms with Gasteiger partial charge in [0.1, 0.15) is 0 Å². The second-order valence-corrected chi connectivity index (χ2v) is 6.19. The van der Waals surface area contributed by atoms with Crippen LogP contribution in [0.25, 0.3) is 0 Å². The summed E-state index contributed by atoms with van der Waals surface area (Å²) in [6, 6.07) is 9.17. The Morgan fingerprint density at radius 1 is 1.39 bits per heavy atom. The summed E-state index contributed by atoms with van der Waals surface area (Å²) in [5.41, 5.74) is 0.613. The molecule has 0 radical (unpaired) electrons. The minimum absolute atomic E-state index is 0.125. The van der Waals surface area contributed by atoms with Gasteiger partial charge in [0.2, 0.25) is 0 Å². The number of anilines is 1. The fourth-order valence-corrected chi connectivity index (χ4v) is 2.84. The van der Waals surface area contributed by atoms with Crippen molar-refractivity contribution in [1.29, 1.82) is 0 Å². The highest BCUT2D eigenvalue weighted by atomic mass is 79.9. The molecule has 2 nitrogen and oxygen atoms in total. The highest BCUT2D eigenvalue weighted by molar-refractivity contribution is 9.10. The summed E-state index contributed by atoms with van der Waals surface area (Å²) < 4.78 is 0.877. The third kappa shape index (κ3) is 3.13. The summed E-state index contributed by atoms with van der Waals surface area (Å²) in [7, 11) is 0. The summed E-state index contributed by atoms with van der Waals surface area (Å²) in [5.74, 6) is -0.125. The van der Waals surface area contributed by atoms with Crippen molar-refractivity contribution in [3.05, 3.63) is 49.6 Å². The number of carbonyl (C=O) groups excluding carboxylic acids is 1. The van der Waals surface area contributed by atoms with E-state index in [0.29, 0.717) is 15.6 Å². The number of rotatable bonds is 3. The van der Waals surface area contributed by atoms with E-state index in [1.54, 1.807) is 12.1 Å². The molecule has 2 rings (SSSR count). The molecule has 18 heavy (non-hydrogen) atoms. The maximum atomic E-state index is 12.0. The van der Waals surface area contributed by atoms with Crippen molar-refractivity contribution < 1.29 is 4.79 Å². The molecule has 5 heteroatoms. The van der Waals surface area contributed by atoms with E-state index in [1.807, 2.05) is 18.2 Å². The Kier molecular flexibility index (Phi) is 4.43. The van der Waals surface area contributed by atoms with Gasteiger partial charge in [0, 0.05) is 9.35 Å². The molecule has 0 bridgehead atoms. The van der Waals surface area contributed by atoms with Crippen molar-refractivity contribution in [2.75, 3.05) is 5.32 Å². The highest BCUT2D eigenvalue weighted by Gasteiger charge is 2.11. The molecule has 1 N–H and O–H groups in total. The lowest BCUT2D eigenvalue weighted by Crippen LogP contribution is -2.10. The molecule has 2 aromatic rings. The molecule has 0 saturated heterocycles. The van der Waals surface area contributed by atoms with Crippen molar-refractivity contribution in [3.8, 4) is 0 Å². The van der Waals surface area contributed by atoms with Crippen LogP contribution in [0.2, 0.25) is 5.02 Å². The minimum Gasteiger partial charge on any atom is -0.320 e. The van der Waals surface area contributed by atoms with Crippen LogP contribution in [0, 0.1) is 0 Å². The maximum absolute atomic E-state index is 12.0. The molecular formula is C13H11BrClNOS. The molecule has 1 amide bonds. The number of aryl methyl sites for hydroxylation is 1. The van der Waals surface area contributed by atoms with Gasteiger partial charge in [-0.05, 0) is 36.8 Å². The first-order valence-corrected chi connectivity index (χ1v) is 7.44. The summed E-state index contributed by atoms with van der Waals surface area (Å²) >= 11 is 10.9. The Balaban J connectivity index is 2.18. The molecule has 0 spiro atoms. The van der Waals surface area contributed by atoms with E-state index in [0.717, 1.165) is 10.9 Å². The van der Waals surface area contributed by atoms with Gasteiger partial charge in [0.05, 0.1) is 15.6 Å². The molecular weight excluding hydrogens is 334 g/mol. The van der Waals surface area contributed by atoms with Crippen LogP contribution in [0.1, 0.15) is 21.5 Å². The molecule has 94 valence electrons. The van der Waals surface area contributed by atoms with Gasteiger partial charge in [-0.2, -0.15) is 0 Å². The quantitative estimate of drug-likeness (QED) is 0.836. The van der Waals surface area contributed by atoms with Crippen LogP contribution in [0.5, 0.6) is 0 Å². The minimum atomic E-state index is -0.125. The van der Waals surface area contributed by atoms with Crippen molar-refractivity contribution in [3.63, 3.8) is 0 Å². The lowest BCUT2D eigenvalue weighted by molar-refractivity contribution is 0.103. The Bertz CT molecular complexity index is 582. The first-order chi connectivity index (χ1) is 8.60. The van der Waals surface area contributed by atoms with Gasteiger partial charge in [0.15, 0.2) is 0 Å². The topological polar surface area (TPSA) is 29.1 Å². The molecule has 0 saturated carbocycles. The Labute approximate surface area is 123 Å². The van der Waals surface area contributed by atoms with Crippen LogP contribution in [0.15, 0.2) is 34.8 Å². The van der Waals surface area contributed by atoms with E-state index in [4.69, 9.17) is 11.6 Å². The first-order valence-electron chi connectivity index (χ1n) is 5.45. The average molecular weight is 345 g/mol. The van der Waals surface area contributed by atoms with Gasteiger partial charge < -0.3 is 5.32 Å². The van der Waals surface area contributed by atoms with Gasteiger partial charge >= 0.3 is 0 Å². The Hall–Kier alpha value is -0.840. The smallest absolute Gasteiger partial charge is 0.265 e. The molecule has 0 aliphatic carbocycles. The highest BCUT2D eigenvalue weighted by Crippen LogP contribution is 2.27.